The normalized spacial score (nSPS) is 29.9. The number of rotatable bonds is 2. The van der Waals surface area contributed by atoms with Crippen LogP contribution in [0.1, 0.15) is 19.3 Å². The van der Waals surface area contributed by atoms with Crippen LogP contribution in [0.4, 0.5) is 0 Å². The Kier molecular flexibility index (Phi) is 11.9. The molecule has 11 heteroatoms. The Balaban J connectivity index is 0. The van der Waals surface area contributed by atoms with E-state index >= 15 is 0 Å². The second-order valence-corrected chi connectivity index (χ2v) is 7.72. The van der Waals surface area contributed by atoms with Gasteiger partial charge in [-0.1, -0.05) is 0 Å². The third kappa shape index (κ3) is 7.37. The molecule has 0 saturated heterocycles. The fourth-order valence-electron chi connectivity index (χ4n) is 1.76. The van der Waals surface area contributed by atoms with Gasteiger partial charge in [0.05, 0.1) is 30.7 Å². The van der Waals surface area contributed by atoms with Crippen LogP contribution < -0.4 is 103 Å². The first-order chi connectivity index (χ1) is 6.62. The summed E-state index contributed by atoms with van der Waals surface area (Å²) >= 11 is 0. The van der Waals surface area contributed by atoms with Crippen molar-refractivity contribution in [2.45, 2.75) is 35.4 Å². The summed E-state index contributed by atoms with van der Waals surface area (Å²) in [6.45, 7) is 0. The second kappa shape index (κ2) is 8.84. The average molecular weight is 352 g/mol. The summed E-state index contributed by atoms with van der Waals surface area (Å²) in [4.78, 5) is 0. The van der Waals surface area contributed by atoms with Gasteiger partial charge in [0.2, 0.25) is 0 Å². The molecule has 0 amide bonds. The molecule has 0 aliphatic heterocycles. The van der Waals surface area contributed by atoms with Crippen LogP contribution in [0, 0.1) is 0 Å². The second-order valence-electron chi connectivity index (χ2n) is 3.62. The molecule has 0 radical (unpaired) electrons. The molecule has 0 bridgehead atoms. The third-order valence-corrected chi connectivity index (χ3v) is 6.15. The molecule has 1 aliphatic rings. The van der Waals surface area contributed by atoms with Gasteiger partial charge in [-0.15, -0.1) is 9.24 Å². The minimum Gasteiger partial charge on any atom is -0.748 e. The molecule has 4 unspecified atom stereocenters. The monoisotopic (exact) mass is 352 g/mol. The fraction of sp³-hybridized carbons (Fsp3) is 1.00. The summed E-state index contributed by atoms with van der Waals surface area (Å²) in [7, 11) is -6.67. The van der Waals surface area contributed by atoms with E-state index in [1.165, 1.54) is 0 Å². The summed E-state index contributed by atoms with van der Waals surface area (Å²) in [5, 5.41) is -2.17. The molecule has 1 fully saturated rings. The molecule has 6 nitrogen and oxygen atoms in total. The Labute approximate surface area is 189 Å². The van der Waals surface area contributed by atoms with Crippen molar-refractivity contribution in [3.05, 3.63) is 0 Å². The van der Waals surface area contributed by atoms with Crippen LogP contribution in [0.2, 0.25) is 0 Å². The van der Waals surface area contributed by atoms with Gasteiger partial charge < -0.3 is 9.11 Å². The summed E-state index contributed by atoms with van der Waals surface area (Å²) in [6, 6.07) is 0. The quantitative estimate of drug-likeness (QED) is 0.277. The van der Waals surface area contributed by atoms with Crippen LogP contribution in [0.15, 0.2) is 0 Å². The maximum atomic E-state index is 10.8. The predicted molar refractivity (Wildman–Crippen MR) is 54.3 cm³/mol. The van der Waals surface area contributed by atoms with E-state index in [9.17, 15) is 25.9 Å². The van der Waals surface area contributed by atoms with Crippen LogP contribution in [0.3, 0.4) is 0 Å². The summed E-state index contributed by atoms with van der Waals surface area (Å²) in [6.07, 6.45) is -0.197. The van der Waals surface area contributed by atoms with E-state index in [2.05, 4.69) is 9.24 Å². The van der Waals surface area contributed by atoms with Crippen LogP contribution in [-0.4, -0.2) is 42.1 Å². The minimum atomic E-state index is -4.41. The first-order valence-corrected chi connectivity index (χ1v) is 7.88. The Morgan fingerprint density at radius 1 is 0.941 bits per heavy atom. The summed E-state index contributed by atoms with van der Waals surface area (Å²) in [5.74, 6) is 0. The fourth-order valence-corrected chi connectivity index (χ4v) is 4.90. The van der Waals surface area contributed by atoms with E-state index in [4.69, 9.17) is 0 Å². The van der Waals surface area contributed by atoms with Crippen molar-refractivity contribution in [3.8, 4) is 0 Å². The molecule has 0 aromatic carbocycles. The largest absolute Gasteiger partial charge is 1.00 e. The van der Waals surface area contributed by atoms with Gasteiger partial charge in [0.25, 0.3) is 0 Å². The van der Waals surface area contributed by atoms with E-state index in [1.54, 1.807) is 0 Å². The minimum absolute atomic E-state index is 0. The van der Waals surface area contributed by atoms with Gasteiger partial charge in [0.15, 0.2) is 0 Å². The van der Waals surface area contributed by atoms with E-state index in [-0.39, 0.29) is 122 Å². The summed E-state index contributed by atoms with van der Waals surface area (Å²) < 4.78 is 64.4. The maximum absolute atomic E-state index is 10.8. The smallest absolute Gasteiger partial charge is 0.748 e. The van der Waals surface area contributed by atoms with Crippen molar-refractivity contribution >= 4 is 29.5 Å². The molecule has 4 atom stereocenters. The topological polar surface area (TPSA) is 114 Å². The first-order valence-electron chi connectivity index (χ1n) is 4.27. The van der Waals surface area contributed by atoms with Gasteiger partial charge in [-0.3, -0.25) is 0 Å². The van der Waals surface area contributed by atoms with Crippen molar-refractivity contribution in [2.75, 3.05) is 0 Å². The zero-order valence-corrected chi connectivity index (χ0v) is 18.7. The Hall–Kier alpha value is 3.52. The number of hydrogen-bond acceptors (Lipinski definition) is 6. The molecule has 0 heterocycles. The summed E-state index contributed by atoms with van der Waals surface area (Å²) in [5.41, 5.74) is -0.657. The van der Waals surface area contributed by atoms with Crippen LogP contribution in [0.5, 0.6) is 0 Å². The maximum Gasteiger partial charge on any atom is 1.00 e. The van der Waals surface area contributed by atoms with Crippen molar-refractivity contribution in [3.63, 3.8) is 0 Å². The van der Waals surface area contributed by atoms with E-state index < -0.39 is 36.4 Å². The van der Waals surface area contributed by atoms with Gasteiger partial charge in [0, 0.05) is 0 Å². The molecule has 0 N–H and O–H groups in total. The van der Waals surface area contributed by atoms with Crippen molar-refractivity contribution in [1.82, 2.24) is 0 Å². The number of hydrogen-bond donors (Lipinski definition) is 0. The first kappa shape index (κ1) is 22.8. The van der Waals surface area contributed by atoms with Crippen molar-refractivity contribution < 1.29 is 129 Å². The molecular formula is C6H11K2O6PS2. The predicted octanol–water partition coefficient (Wildman–Crippen LogP) is -6.75. The van der Waals surface area contributed by atoms with Crippen LogP contribution in [0.25, 0.3) is 0 Å². The molecule has 1 aliphatic carbocycles. The molecule has 1 rings (SSSR count). The SMILES string of the molecule is O=S(=O)([O-])C1CCC(S(=O)(=O)[O-])C(P)C1.[K+].[K+]. The Morgan fingerprint density at radius 3 is 1.71 bits per heavy atom. The van der Waals surface area contributed by atoms with Gasteiger partial charge in [0.1, 0.15) is 0 Å². The molecule has 90 valence electrons. The molecular weight excluding hydrogens is 341 g/mol. The van der Waals surface area contributed by atoms with Gasteiger partial charge in [-0.25, -0.2) is 16.8 Å². The molecule has 0 aromatic heterocycles. The van der Waals surface area contributed by atoms with Crippen LogP contribution >= 0.6 is 9.24 Å². The van der Waals surface area contributed by atoms with E-state index in [0.29, 0.717) is 0 Å². The Bertz CT molecular complexity index is 435. The average Bonchev–Trinajstić information content (AvgIpc) is 1.99. The van der Waals surface area contributed by atoms with Gasteiger partial charge >= 0.3 is 103 Å². The molecule has 0 spiro atoms. The zero-order chi connectivity index (χ0) is 11.9. The zero-order valence-electron chi connectivity index (χ0n) is 9.70. The van der Waals surface area contributed by atoms with E-state index in [0.717, 1.165) is 0 Å². The van der Waals surface area contributed by atoms with Gasteiger partial charge in [-0.2, -0.15) is 0 Å². The van der Waals surface area contributed by atoms with Crippen molar-refractivity contribution in [1.29, 1.82) is 0 Å². The third-order valence-electron chi connectivity index (χ3n) is 2.56. The standard InChI is InChI=1S/C6H13O6PS2.2K/c7-14(8,9)4-1-2-6(5(13)3-4)15(10,11)12;;/h4-6H,1-3,13H2,(H,7,8,9)(H,10,11,12);;/q;2*+1/p-2. The Morgan fingerprint density at radius 2 is 1.41 bits per heavy atom. The van der Waals surface area contributed by atoms with Crippen molar-refractivity contribution in [2.24, 2.45) is 0 Å². The molecule has 1 saturated carbocycles. The van der Waals surface area contributed by atoms with Gasteiger partial charge in [-0.05, 0) is 24.9 Å². The molecule has 17 heavy (non-hydrogen) atoms. The van der Waals surface area contributed by atoms with Crippen LogP contribution in [-0.2, 0) is 20.2 Å². The molecule has 0 aromatic rings. The van der Waals surface area contributed by atoms with E-state index in [1.807, 2.05) is 0 Å².